The topological polar surface area (TPSA) is 29.5 Å². The smallest absolute Gasteiger partial charge is 0.270 e. The molecule has 0 bridgehead atoms. The maximum absolute atomic E-state index is 12.7. The standard InChI is InChI=1S/C18H14ClNO2S2/c1-11-3-4-12(9-15(11)22-2)10-16-17(21)20(18(23)24-16)14-7-5-13(19)6-8-14/h3-10H,1-2H3/b16-10-. The highest BCUT2D eigenvalue weighted by Gasteiger charge is 2.33. The van der Waals surface area contributed by atoms with Gasteiger partial charge in [-0.05, 0) is 54.5 Å². The van der Waals surface area contributed by atoms with Gasteiger partial charge in [-0.3, -0.25) is 9.69 Å². The highest BCUT2D eigenvalue weighted by Crippen LogP contribution is 2.36. The van der Waals surface area contributed by atoms with Gasteiger partial charge in [-0.1, -0.05) is 47.7 Å². The minimum atomic E-state index is -0.133. The molecule has 1 aliphatic heterocycles. The van der Waals surface area contributed by atoms with E-state index in [9.17, 15) is 4.79 Å². The zero-order chi connectivity index (χ0) is 17.3. The fourth-order valence-electron chi connectivity index (χ4n) is 2.36. The number of thioether (sulfide) groups is 1. The third-order valence-electron chi connectivity index (χ3n) is 3.61. The van der Waals surface area contributed by atoms with E-state index in [1.54, 1.807) is 31.4 Å². The van der Waals surface area contributed by atoms with Crippen LogP contribution in [0.5, 0.6) is 5.75 Å². The van der Waals surface area contributed by atoms with Gasteiger partial charge < -0.3 is 4.74 Å². The van der Waals surface area contributed by atoms with Gasteiger partial charge in [0.25, 0.3) is 5.91 Å². The number of benzene rings is 2. The van der Waals surface area contributed by atoms with Crippen LogP contribution in [0.3, 0.4) is 0 Å². The first-order valence-corrected chi connectivity index (χ1v) is 8.78. The monoisotopic (exact) mass is 375 g/mol. The van der Waals surface area contributed by atoms with Crippen LogP contribution in [0.25, 0.3) is 6.08 Å². The number of carbonyl (C=O) groups excluding carboxylic acids is 1. The van der Waals surface area contributed by atoms with E-state index in [0.717, 1.165) is 16.9 Å². The molecule has 1 aliphatic rings. The van der Waals surface area contributed by atoms with E-state index < -0.39 is 0 Å². The summed E-state index contributed by atoms with van der Waals surface area (Å²) in [6.45, 7) is 1.97. The number of hydrogen-bond acceptors (Lipinski definition) is 4. The lowest BCUT2D eigenvalue weighted by Crippen LogP contribution is -2.27. The molecule has 122 valence electrons. The molecule has 2 aromatic rings. The second-order valence-electron chi connectivity index (χ2n) is 5.22. The van der Waals surface area contributed by atoms with Crippen LogP contribution in [-0.2, 0) is 4.79 Å². The largest absolute Gasteiger partial charge is 0.496 e. The Hall–Kier alpha value is -1.82. The van der Waals surface area contributed by atoms with Gasteiger partial charge in [-0.2, -0.15) is 0 Å². The summed E-state index contributed by atoms with van der Waals surface area (Å²) in [6.07, 6.45) is 1.83. The summed E-state index contributed by atoms with van der Waals surface area (Å²) in [7, 11) is 1.63. The predicted octanol–water partition coefficient (Wildman–Crippen LogP) is 5.06. The Kier molecular flexibility index (Phi) is 4.94. The lowest BCUT2D eigenvalue weighted by atomic mass is 10.1. The number of halogens is 1. The molecule has 1 heterocycles. The van der Waals surface area contributed by atoms with Crippen molar-refractivity contribution in [1.29, 1.82) is 0 Å². The molecule has 6 heteroatoms. The number of anilines is 1. The van der Waals surface area contributed by atoms with Crippen molar-refractivity contribution >= 4 is 57.6 Å². The molecule has 0 aliphatic carbocycles. The van der Waals surface area contributed by atoms with Gasteiger partial charge in [0.05, 0.1) is 17.7 Å². The number of rotatable bonds is 3. The molecule has 2 aromatic carbocycles. The summed E-state index contributed by atoms with van der Waals surface area (Å²) < 4.78 is 5.84. The lowest BCUT2D eigenvalue weighted by molar-refractivity contribution is -0.113. The highest BCUT2D eigenvalue weighted by atomic mass is 35.5. The third kappa shape index (κ3) is 3.34. The van der Waals surface area contributed by atoms with Crippen molar-refractivity contribution in [2.24, 2.45) is 0 Å². The Morgan fingerprint density at radius 3 is 2.58 bits per heavy atom. The molecule has 24 heavy (non-hydrogen) atoms. The fourth-order valence-corrected chi connectivity index (χ4v) is 3.78. The van der Waals surface area contributed by atoms with Gasteiger partial charge in [0.1, 0.15) is 5.75 Å². The number of carbonyl (C=O) groups is 1. The Morgan fingerprint density at radius 2 is 1.92 bits per heavy atom. The Labute approximate surface area is 155 Å². The molecule has 0 unspecified atom stereocenters. The van der Waals surface area contributed by atoms with Crippen molar-refractivity contribution in [3.8, 4) is 5.75 Å². The maximum Gasteiger partial charge on any atom is 0.270 e. The van der Waals surface area contributed by atoms with Crippen LogP contribution in [0.2, 0.25) is 5.02 Å². The summed E-state index contributed by atoms with van der Waals surface area (Å²) in [4.78, 5) is 14.8. The zero-order valence-electron chi connectivity index (χ0n) is 13.1. The number of amides is 1. The van der Waals surface area contributed by atoms with Crippen LogP contribution < -0.4 is 9.64 Å². The lowest BCUT2D eigenvalue weighted by Gasteiger charge is -2.14. The summed E-state index contributed by atoms with van der Waals surface area (Å²) in [5.74, 6) is 0.656. The molecule has 0 saturated carbocycles. The van der Waals surface area contributed by atoms with E-state index in [0.29, 0.717) is 19.9 Å². The number of methoxy groups -OCH3 is 1. The van der Waals surface area contributed by atoms with Crippen LogP contribution in [0, 0.1) is 6.92 Å². The normalized spacial score (nSPS) is 16.1. The van der Waals surface area contributed by atoms with E-state index >= 15 is 0 Å². The van der Waals surface area contributed by atoms with Crippen LogP contribution in [0.4, 0.5) is 5.69 Å². The van der Waals surface area contributed by atoms with E-state index in [1.807, 2.05) is 31.2 Å². The van der Waals surface area contributed by atoms with E-state index in [4.69, 9.17) is 28.6 Å². The first kappa shape index (κ1) is 17.0. The second-order valence-corrected chi connectivity index (χ2v) is 7.33. The van der Waals surface area contributed by atoms with Crippen LogP contribution in [0.1, 0.15) is 11.1 Å². The van der Waals surface area contributed by atoms with Gasteiger partial charge >= 0.3 is 0 Å². The van der Waals surface area contributed by atoms with E-state index in [2.05, 4.69) is 0 Å². The summed E-state index contributed by atoms with van der Waals surface area (Å²) >= 11 is 12.6. The SMILES string of the molecule is COc1cc(/C=C2\SC(=S)N(c3ccc(Cl)cc3)C2=O)ccc1C. The van der Waals surface area contributed by atoms with Crippen molar-refractivity contribution in [3.63, 3.8) is 0 Å². The first-order chi connectivity index (χ1) is 11.5. The summed E-state index contributed by atoms with van der Waals surface area (Å²) in [5, 5.41) is 0.617. The number of thiocarbonyl (C=S) groups is 1. The van der Waals surface area contributed by atoms with Gasteiger partial charge in [-0.15, -0.1) is 0 Å². The Balaban J connectivity index is 1.92. The van der Waals surface area contributed by atoms with Crippen molar-refractivity contribution in [3.05, 3.63) is 63.5 Å². The summed E-state index contributed by atoms with van der Waals surface area (Å²) in [6, 6.07) is 12.9. The molecule has 3 nitrogen and oxygen atoms in total. The predicted molar refractivity (Wildman–Crippen MR) is 105 cm³/mol. The second kappa shape index (κ2) is 6.97. The number of nitrogens with zero attached hydrogens (tertiary/aromatic N) is 1. The molecular weight excluding hydrogens is 362 g/mol. The minimum absolute atomic E-state index is 0.133. The summed E-state index contributed by atoms with van der Waals surface area (Å²) in [5.41, 5.74) is 2.66. The molecule has 0 N–H and O–H groups in total. The average molecular weight is 376 g/mol. The molecule has 0 radical (unpaired) electrons. The number of hydrogen-bond donors (Lipinski definition) is 0. The van der Waals surface area contributed by atoms with Crippen LogP contribution in [-0.4, -0.2) is 17.3 Å². The number of ether oxygens (including phenoxy) is 1. The van der Waals surface area contributed by atoms with E-state index in [-0.39, 0.29) is 5.91 Å². The van der Waals surface area contributed by atoms with E-state index in [1.165, 1.54) is 16.7 Å². The molecule has 3 rings (SSSR count). The number of aryl methyl sites for hydroxylation is 1. The molecule has 1 saturated heterocycles. The molecule has 0 atom stereocenters. The maximum atomic E-state index is 12.7. The molecule has 1 amide bonds. The fraction of sp³-hybridized carbons (Fsp3) is 0.111. The first-order valence-electron chi connectivity index (χ1n) is 7.18. The van der Waals surface area contributed by atoms with Crippen LogP contribution >= 0.6 is 35.6 Å². The van der Waals surface area contributed by atoms with Crippen molar-refractivity contribution in [2.75, 3.05) is 12.0 Å². The van der Waals surface area contributed by atoms with Gasteiger partial charge in [0, 0.05) is 5.02 Å². The molecule has 0 spiro atoms. The zero-order valence-corrected chi connectivity index (χ0v) is 15.5. The minimum Gasteiger partial charge on any atom is -0.496 e. The van der Waals surface area contributed by atoms with Crippen molar-refractivity contribution in [1.82, 2.24) is 0 Å². The average Bonchev–Trinajstić information content (AvgIpc) is 2.84. The molecule has 0 aromatic heterocycles. The van der Waals surface area contributed by atoms with Gasteiger partial charge in [-0.25, -0.2) is 0 Å². The Morgan fingerprint density at radius 1 is 1.21 bits per heavy atom. The highest BCUT2D eigenvalue weighted by molar-refractivity contribution is 8.27. The van der Waals surface area contributed by atoms with Gasteiger partial charge in [0.2, 0.25) is 0 Å². The van der Waals surface area contributed by atoms with Crippen LogP contribution in [0.15, 0.2) is 47.4 Å². The third-order valence-corrected chi connectivity index (χ3v) is 5.16. The quantitative estimate of drug-likeness (QED) is 0.553. The molecule has 1 fully saturated rings. The Bertz CT molecular complexity index is 847. The van der Waals surface area contributed by atoms with Crippen molar-refractivity contribution in [2.45, 2.75) is 6.92 Å². The van der Waals surface area contributed by atoms with Gasteiger partial charge in [0.15, 0.2) is 4.32 Å². The molecular formula is C18H14ClNO2S2. The van der Waals surface area contributed by atoms with Crippen molar-refractivity contribution < 1.29 is 9.53 Å².